The summed E-state index contributed by atoms with van der Waals surface area (Å²) in [7, 11) is -2.13. The van der Waals surface area contributed by atoms with Gasteiger partial charge in [-0.2, -0.15) is 5.10 Å². The number of hydrogen-bond donors (Lipinski definition) is 2. The molecule has 0 spiro atoms. The number of nitrogens with zero attached hydrogens (tertiary/aromatic N) is 3. The van der Waals surface area contributed by atoms with Gasteiger partial charge in [-0.05, 0) is 42.0 Å². The number of sulfonamides is 1. The number of aromatic nitrogens is 3. The number of benzene rings is 2. The van der Waals surface area contributed by atoms with Gasteiger partial charge in [0.2, 0.25) is 10.0 Å². The van der Waals surface area contributed by atoms with Crippen LogP contribution in [0.25, 0.3) is 22.4 Å². The fourth-order valence-electron chi connectivity index (χ4n) is 3.29. The minimum atomic E-state index is -3.81. The second kappa shape index (κ2) is 8.13. The minimum absolute atomic E-state index is 0.000290. The van der Waals surface area contributed by atoms with Crippen LogP contribution in [0, 0.1) is 0 Å². The molecule has 2 aromatic carbocycles. The molecule has 4 aromatic rings. The van der Waals surface area contributed by atoms with Crippen molar-refractivity contribution in [2.45, 2.75) is 4.90 Å². The number of para-hydroxylation sites is 1. The molecule has 3 N–H and O–H groups in total. The summed E-state index contributed by atoms with van der Waals surface area (Å²) in [4.78, 5) is 17.2. The summed E-state index contributed by atoms with van der Waals surface area (Å²) in [6.45, 7) is 0. The summed E-state index contributed by atoms with van der Waals surface area (Å²) in [5, 5.41) is 12.7. The lowest BCUT2D eigenvalue weighted by Gasteiger charge is -2.09. The van der Waals surface area contributed by atoms with Crippen molar-refractivity contribution in [2.24, 2.45) is 12.2 Å². The zero-order valence-electron chi connectivity index (χ0n) is 16.6. The maximum absolute atomic E-state index is 13.2. The molecule has 31 heavy (non-hydrogen) atoms. The lowest BCUT2D eigenvalue weighted by Crippen LogP contribution is -2.17. The molecule has 0 atom stereocenters. The molecule has 0 unspecified atom stereocenters. The number of carbonyl (C=O) groups excluding carboxylic acids is 1. The summed E-state index contributed by atoms with van der Waals surface area (Å²) in [6, 6.07) is 18.8. The Labute approximate surface area is 179 Å². The molecule has 9 heteroatoms. The summed E-state index contributed by atoms with van der Waals surface area (Å²) in [5.74, 6) is -0.319. The molecule has 156 valence electrons. The molecule has 0 saturated heterocycles. The van der Waals surface area contributed by atoms with E-state index in [4.69, 9.17) is 5.14 Å². The zero-order chi connectivity index (χ0) is 22.0. The van der Waals surface area contributed by atoms with Gasteiger partial charge in [-0.25, -0.2) is 13.6 Å². The maximum Gasteiger partial charge on any atom is 0.274 e. The van der Waals surface area contributed by atoms with Crippen LogP contribution in [0.3, 0.4) is 0 Å². The highest BCUT2D eigenvalue weighted by Gasteiger charge is 2.24. The summed E-state index contributed by atoms with van der Waals surface area (Å²) in [6.07, 6.45) is 3.27. The van der Waals surface area contributed by atoms with Crippen LogP contribution in [0.15, 0.2) is 84.0 Å². The van der Waals surface area contributed by atoms with Crippen molar-refractivity contribution < 1.29 is 13.2 Å². The van der Waals surface area contributed by atoms with Gasteiger partial charge in [0.1, 0.15) is 11.4 Å². The molecule has 0 aliphatic heterocycles. The number of nitrogens with two attached hydrogens (primary N) is 1. The Kier molecular flexibility index (Phi) is 5.37. The largest absolute Gasteiger partial charge is 0.321 e. The molecule has 8 nitrogen and oxygen atoms in total. The van der Waals surface area contributed by atoms with E-state index in [1.807, 2.05) is 18.2 Å². The first-order valence-corrected chi connectivity index (χ1v) is 10.9. The normalized spacial score (nSPS) is 11.3. The van der Waals surface area contributed by atoms with Crippen molar-refractivity contribution in [3.8, 4) is 22.4 Å². The molecule has 0 aliphatic carbocycles. The molecule has 0 bridgehead atoms. The minimum Gasteiger partial charge on any atom is -0.321 e. The van der Waals surface area contributed by atoms with Gasteiger partial charge in [-0.1, -0.05) is 30.3 Å². The van der Waals surface area contributed by atoms with E-state index < -0.39 is 10.0 Å². The second-order valence-electron chi connectivity index (χ2n) is 6.82. The molecule has 0 fully saturated rings. The maximum atomic E-state index is 13.2. The fourth-order valence-corrected chi connectivity index (χ4v) is 3.81. The van der Waals surface area contributed by atoms with E-state index in [1.165, 1.54) is 16.8 Å². The van der Waals surface area contributed by atoms with Crippen molar-refractivity contribution in [1.82, 2.24) is 14.8 Å². The number of pyridine rings is 1. The third-order valence-electron chi connectivity index (χ3n) is 4.72. The number of amides is 1. The number of rotatable bonds is 5. The van der Waals surface area contributed by atoms with Crippen LogP contribution in [0.2, 0.25) is 0 Å². The Morgan fingerprint density at radius 2 is 1.58 bits per heavy atom. The van der Waals surface area contributed by atoms with Crippen LogP contribution in [0.4, 0.5) is 5.69 Å². The van der Waals surface area contributed by atoms with Crippen molar-refractivity contribution in [2.75, 3.05) is 5.32 Å². The highest BCUT2D eigenvalue weighted by Crippen LogP contribution is 2.35. The third-order valence-corrected chi connectivity index (χ3v) is 5.65. The van der Waals surface area contributed by atoms with E-state index >= 15 is 0 Å². The van der Waals surface area contributed by atoms with Gasteiger partial charge in [0.05, 0.1) is 4.90 Å². The highest BCUT2D eigenvalue weighted by atomic mass is 32.2. The number of primary sulfonamides is 1. The standard InChI is InChI=1S/C22H19N5O3S/c1-27-21(22(28)25-17-5-3-2-4-6-17)19(15-11-13-24-14-12-15)20(26-27)16-7-9-18(10-8-16)31(23,29)30/h2-14H,1H3,(H,25,28)(H2,23,29,30). The van der Waals surface area contributed by atoms with Crippen molar-refractivity contribution >= 4 is 21.6 Å². The first-order valence-electron chi connectivity index (χ1n) is 9.31. The van der Waals surface area contributed by atoms with Gasteiger partial charge in [0, 0.05) is 36.3 Å². The Bertz CT molecular complexity index is 1330. The average Bonchev–Trinajstić information content (AvgIpc) is 3.12. The van der Waals surface area contributed by atoms with Crippen molar-refractivity contribution in [3.63, 3.8) is 0 Å². The monoisotopic (exact) mass is 433 g/mol. The summed E-state index contributed by atoms with van der Waals surface area (Å²) in [5.41, 5.74) is 3.57. The summed E-state index contributed by atoms with van der Waals surface area (Å²) < 4.78 is 24.7. The average molecular weight is 433 g/mol. The number of anilines is 1. The van der Waals surface area contributed by atoms with Crippen LogP contribution in [0.1, 0.15) is 10.5 Å². The van der Waals surface area contributed by atoms with Gasteiger partial charge in [-0.3, -0.25) is 14.5 Å². The van der Waals surface area contributed by atoms with Gasteiger partial charge in [-0.15, -0.1) is 0 Å². The summed E-state index contributed by atoms with van der Waals surface area (Å²) >= 11 is 0. The molecule has 2 aromatic heterocycles. The highest BCUT2D eigenvalue weighted by molar-refractivity contribution is 7.89. The Morgan fingerprint density at radius 3 is 2.19 bits per heavy atom. The van der Waals surface area contributed by atoms with Crippen LogP contribution in [0.5, 0.6) is 0 Å². The van der Waals surface area contributed by atoms with E-state index in [1.54, 1.807) is 55.8 Å². The molecule has 0 aliphatic rings. The quantitative estimate of drug-likeness (QED) is 0.501. The SMILES string of the molecule is Cn1nc(-c2ccc(S(N)(=O)=O)cc2)c(-c2ccncc2)c1C(=O)Nc1ccccc1. The lowest BCUT2D eigenvalue weighted by molar-refractivity contribution is 0.101. The molecular formula is C22H19N5O3S. The number of nitrogens with one attached hydrogen (secondary N) is 1. The molecule has 1 amide bonds. The third kappa shape index (κ3) is 4.23. The van der Waals surface area contributed by atoms with Gasteiger partial charge in [0.25, 0.3) is 5.91 Å². The Morgan fingerprint density at radius 1 is 0.935 bits per heavy atom. The first kappa shape index (κ1) is 20.5. The van der Waals surface area contributed by atoms with E-state index in [2.05, 4.69) is 15.4 Å². The van der Waals surface area contributed by atoms with Crippen LogP contribution >= 0.6 is 0 Å². The zero-order valence-corrected chi connectivity index (χ0v) is 17.4. The Hall–Kier alpha value is -3.82. The van der Waals surface area contributed by atoms with Crippen LogP contribution in [-0.4, -0.2) is 29.1 Å². The van der Waals surface area contributed by atoms with E-state index in [9.17, 15) is 13.2 Å². The van der Waals surface area contributed by atoms with Crippen LogP contribution < -0.4 is 10.5 Å². The molecule has 0 saturated carbocycles. The van der Waals surface area contributed by atoms with Gasteiger partial charge < -0.3 is 5.32 Å². The smallest absolute Gasteiger partial charge is 0.274 e. The number of carbonyl (C=O) groups is 1. The lowest BCUT2D eigenvalue weighted by atomic mass is 9.99. The first-order chi connectivity index (χ1) is 14.8. The molecule has 2 heterocycles. The number of hydrogen-bond acceptors (Lipinski definition) is 5. The fraction of sp³-hybridized carbons (Fsp3) is 0.0455. The van der Waals surface area contributed by atoms with E-state index in [-0.39, 0.29) is 10.8 Å². The predicted molar refractivity (Wildman–Crippen MR) is 118 cm³/mol. The molecular weight excluding hydrogens is 414 g/mol. The number of aryl methyl sites for hydroxylation is 1. The van der Waals surface area contributed by atoms with Gasteiger partial charge >= 0.3 is 0 Å². The molecule has 0 radical (unpaired) electrons. The van der Waals surface area contributed by atoms with E-state index in [0.29, 0.717) is 28.2 Å². The topological polar surface area (TPSA) is 120 Å². The predicted octanol–water partition coefficient (Wildman–Crippen LogP) is 3.05. The van der Waals surface area contributed by atoms with Crippen LogP contribution in [-0.2, 0) is 17.1 Å². The van der Waals surface area contributed by atoms with Gasteiger partial charge in [0.15, 0.2) is 0 Å². The second-order valence-corrected chi connectivity index (χ2v) is 8.38. The van der Waals surface area contributed by atoms with Crippen molar-refractivity contribution in [1.29, 1.82) is 0 Å². The molecule has 4 rings (SSSR count). The Balaban J connectivity index is 1.85. The van der Waals surface area contributed by atoms with Crippen molar-refractivity contribution in [3.05, 3.63) is 84.8 Å². The van der Waals surface area contributed by atoms with E-state index in [0.717, 1.165) is 5.56 Å².